The van der Waals surface area contributed by atoms with Gasteiger partial charge in [-0.1, -0.05) is 138 Å². The molecule has 2 aromatic carbocycles. The first kappa shape index (κ1) is 22.2. The standard InChI is InChI=1S/C18H30.C8H8/c1-2-3-4-5-6-7-8-9-10-12-15-18-16-13-11-14-17-18;1-2-8-6-4-3-5-7-8/h11,13-14,16-17H,2-10,12,15H2,1H3;2-7H,1H2. The van der Waals surface area contributed by atoms with Crippen molar-refractivity contribution in [1.82, 2.24) is 0 Å². The van der Waals surface area contributed by atoms with Crippen molar-refractivity contribution in [3.8, 4) is 0 Å². The lowest BCUT2D eigenvalue weighted by molar-refractivity contribution is 0.556. The molecule has 0 aliphatic rings. The lowest BCUT2D eigenvalue weighted by Crippen LogP contribution is -1.86. The molecule has 0 nitrogen and oxygen atoms in total. The van der Waals surface area contributed by atoms with Crippen molar-refractivity contribution in [3.63, 3.8) is 0 Å². The van der Waals surface area contributed by atoms with Crippen LogP contribution in [0.5, 0.6) is 0 Å². The van der Waals surface area contributed by atoms with E-state index in [2.05, 4.69) is 43.8 Å². The molecule has 142 valence electrons. The van der Waals surface area contributed by atoms with Crippen LogP contribution in [0.3, 0.4) is 0 Å². The minimum atomic E-state index is 1.17. The van der Waals surface area contributed by atoms with E-state index in [0.717, 1.165) is 0 Å². The number of unbranched alkanes of at least 4 members (excludes halogenated alkanes) is 9. The van der Waals surface area contributed by atoms with E-state index in [1.165, 1.54) is 81.8 Å². The van der Waals surface area contributed by atoms with E-state index >= 15 is 0 Å². The van der Waals surface area contributed by atoms with Crippen LogP contribution in [0.2, 0.25) is 0 Å². The van der Waals surface area contributed by atoms with Crippen LogP contribution in [0.1, 0.15) is 82.3 Å². The molecule has 0 N–H and O–H groups in total. The van der Waals surface area contributed by atoms with Gasteiger partial charge in [-0.2, -0.15) is 0 Å². The van der Waals surface area contributed by atoms with Gasteiger partial charge in [0.1, 0.15) is 0 Å². The van der Waals surface area contributed by atoms with Gasteiger partial charge in [-0.15, -0.1) is 0 Å². The molecule has 0 saturated heterocycles. The lowest BCUT2D eigenvalue weighted by atomic mass is 10.0. The van der Waals surface area contributed by atoms with E-state index in [0.29, 0.717) is 0 Å². The summed E-state index contributed by atoms with van der Waals surface area (Å²) in [5, 5.41) is 0. The Kier molecular flexibility index (Phi) is 14.2. The molecule has 26 heavy (non-hydrogen) atoms. The van der Waals surface area contributed by atoms with Gasteiger partial charge in [0.2, 0.25) is 0 Å². The van der Waals surface area contributed by atoms with Crippen LogP contribution in [0.25, 0.3) is 6.08 Å². The van der Waals surface area contributed by atoms with Crippen molar-refractivity contribution in [3.05, 3.63) is 78.4 Å². The molecule has 0 aliphatic heterocycles. The molecule has 0 atom stereocenters. The maximum absolute atomic E-state index is 3.63. The topological polar surface area (TPSA) is 0 Å². The molecule has 0 heterocycles. The molecule has 0 aliphatic carbocycles. The molecular formula is C26H38. The zero-order chi connectivity index (χ0) is 18.7. The maximum Gasteiger partial charge on any atom is -0.0263 e. The third-order valence-corrected chi connectivity index (χ3v) is 4.70. The number of hydrogen-bond donors (Lipinski definition) is 0. The van der Waals surface area contributed by atoms with E-state index in [9.17, 15) is 0 Å². The summed E-state index contributed by atoms with van der Waals surface area (Å²) in [5.74, 6) is 0. The Hall–Kier alpha value is -1.82. The summed E-state index contributed by atoms with van der Waals surface area (Å²) in [6.07, 6.45) is 17.3. The quantitative estimate of drug-likeness (QED) is 0.337. The summed E-state index contributed by atoms with van der Waals surface area (Å²) in [6.45, 7) is 5.92. The van der Waals surface area contributed by atoms with Crippen molar-refractivity contribution >= 4 is 6.08 Å². The number of hydrogen-bond acceptors (Lipinski definition) is 0. The van der Waals surface area contributed by atoms with E-state index < -0.39 is 0 Å². The molecule has 0 aromatic heterocycles. The van der Waals surface area contributed by atoms with Crippen molar-refractivity contribution in [2.45, 2.75) is 77.6 Å². The second kappa shape index (κ2) is 16.6. The van der Waals surface area contributed by atoms with Gasteiger partial charge >= 0.3 is 0 Å². The summed E-state index contributed by atoms with van der Waals surface area (Å²) < 4.78 is 0. The minimum Gasteiger partial charge on any atom is -0.0985 e. The normalized spacial score (nSPS) is 10.0. The molecule has 0 fully saturated rings. The molecular weight excluding hydrogens is 312 g/mol. The fourth-order valence-corrected chi connectivity index (χ4v) is 3.05. The maximum atomic E-state index is 3.63. The average molecular weight is 351 g/mol. The second-order valence-corrected chi connectivity index (χ2v) is 7.03. The molecule has 0 amide bonds. The predicted molar refractivity (Wildman–Crippen MR) is 119 cm³/mol. The Morgan fingerprint density at radius 1 is 0.615 bits per heavy atom. The van der Waals surface area contributed by atoms with Crippen LogP contribution in [0.4, 0.5) is 0 Å². The van der Waals surface area contributed by atoms with Gasteiger partial charge in [0, 0.05) is 0 Å². The van der Waals surface area contributed by atoms with Gasteiger partial charge in [0.15, 0.2) is 0 Å². The third kappa shape index (κ3) is 12.5. The molecule has 2 aromatic rings. The zero-order valence-electron chi connectivity index (χ0n) is 16.8. The summed E-state index contributed by atoms with van der Waals surface area (Å²) in [6, 6.07) is 20.9. The lowest BCUT2D eigenvalue weighted by Gasteiger charge is -2.03. The van der Waals surface area contributed by atoms with Crippen molar-refractivity contribution < 1.29 is 0 Å². The van der Waals surface area contributed by atoms with Gasteiger partial charge in [-0.3, -0.25) is 0 Å². The van der Waals surface area contributed by atoms with E-state index in [1.54, 1.807) is 0 Å². The van der Waals surface area contributed by atoms with Crippen molar-refractivity contribution in [2.24, 2.45) is 0 Å². The number of benzene rings is 2. The first-order chi connectivity index (χ1) is 12.9. The molecule has 0 unspecified atom stereocenters. The largest absolute Gasteiger partial charge is 0.0985 e. The summed E-state index contributed by atoms with van der Waals surface area (Å²) in [4.78, 5) is 0. The van der Waals surface area contributed by atoms with E-state index in [4.69, 9.17) is 0 Å². The van der Waals surface area contributed by atoms with Crippen molar-refractivity contribution in [1.29, 1.82) is 0 Å². The van der Waals surface area contributed by atoms with Crippen LogP contribution in [-0.2, 0) is 6.42 Å². The monoisotopic (exact) mass is 350 g/mol. The molecule has 0 bridgehead atoms. The molecule has 0 radical (unpaired) electrons. The average Bonchev–Trinajstić information content (AvgIpc) is 2.71. The molecule has 0 spiro atoms. The fourth-order valence-electron chi connectivity index (χ4n) is 3.05. The molecule has 0 heteroatoms. The van der Waals surface area contributed by atoms with E-state index in [-0.39, 0.29) is 0 Å². The second-order valence-electron chi connectivity index (χ2n) is 7.03. The highest BCUT2D eigenvalue weighted by Crippen LogP contribution is 2.12. The van der Waals surface area contributed by atoms with Crippen LogP contribution < -0.4 is 0 Å². The van der Waals surface area contributed by atoms with Gasteiger partial charge in [-0.05, 0) is 24.0 Å². The summed E-state index contributed by atoms with van der Waals surface area (Å²) in [7, 11) is 0. The van der Waals surface area contributed by atoms with Gasteiger partial charge in [-0.25, -0.2) is 0 Å². The predicted octanol–water partition coefficient (Wildman–Crippen LogP) is 8.48. The fraction of sp³-hybridized carbons (Fsp3) is 0.462. The highest BCUT2D eigenvalue weighted by molar-refractivity contribution is 5.45. The Morgan fingerprint density at radius 2 is 1.08 bits per heavy atom. The minimum absolute atomic E-state index is 1.17. The SMILES string of the molecule is C=Cc1ccccc1.CCCCCCCCCCCCc1ccccc1. The number of rotatable bonds is 12. The third-order valence-electron chi connectivity index (χ3n) is 4.70. The summed E-state index contributed by atoms with van der Waals surface area (Å²) in [5.41, 5.74) is 2.67. The van der Waals surface area contributed by atoms with Gasteiger partial charge in [0.25, 0.3) is 0 Å². The zero-order valence-corrected chi connectivity index (χ0v) is 16.8. The Bertz CT molecular complexity index is 526. The first-order valence-corrected chi connectivity index (χ1v) is 10.6. The van der Waals surface area contributed by atoms with Crippen molar-refractivity contribution in [2.75, 3.05) is 0 Å². The number of aryl methyl sites for hydroxylation is 1. The van der Waals surface area contributed by atoms with Crippen LogP contribution in [0, 0.1) is 0 Å². The Balaban J connectivity index is 0.000000350. The van der Waals surface area contributed by atoms with Gasteiger partial charge in [0.05, 0.1) is 0 Å². The first-order valence-electron chi connectivity index (χ1n) is 10.6. The summed E-state index contributed by atoms with van der Waals surface area (Å²) >= 11 is 0. The Labute approximate surface area is 162 Å². The molecule has 0 saturated carbocycles. The van der Waals surface area contributed by atoms with Crippen LogP contribution >= 0.6 is 0 Å². The molecule has 2 rings (SSSR count). The van der Waals surface area contributed by atoms with E-state index in [1.807, 2.05) is 36.4 Å². The Morgan fingerprint density at radius 3 is 1.54 bits per heavy atom. The highest BCUT2D eigenvalue weighted by Gasteiger charge is 1.94. The van der Waals surface area contributed by atoms with Gasteiger partial charge < -0.3 is 0 Å². The van der Waals surface area contributed by atoms with Crippen LogP contribution in [-0.4, -0.2) is 0 Å². The van der Waals surface area contributed by atoms with Crippen LogP contribution in [0.15, 0.2) is 67.2 Å². The smallest absolute Gasteiger partial charge is 0.0263 e. The highest BCUT2D eigenvalue weighted by atomic mass is 14.0.